The van der Waals surface area contributed by atoms with Gasteiger partial charge in [-0.05, 0) is 36.4 Å². The van der Waals surface area contributed by atoms with Crippen LogP contribution in [0.25, 0.3) is 0 Å². The Kier molecular flexibility index (Phi) is 6.75. The van der Waals surface area contributed by atoms with Crippen LogP contribution in [0.1, 0.15) is 33.1 Å². The van der Waals surface area contributed by atoms with E-state index in [4.69, 9.17) is 0 Å². The number of hydrogen-bond donors (Lipinski definition) is 1. The third-order valence-corrected chi connectivity index (χ3v) is 4.40. The predicted octanol–water partition coefficient (Wildman–Crippen LogP) is 1.25. The normalized spacial score (nSPS) is 16.9. The van der Waals surface area contributed by atoms with Gasteiger partial charge in [-0.1, -0.05) is 32.0 Å². The van der Waals surface area contributed by atoms with Crippen LogP contribution < -0.4 is 5.32 Å². The van der Waals surface area contributed by atoms with Crippen LogP contribution in [0.4, 0.5) is 0 Å². The van der Waals surface area contributed by atoms with Crippen LogP contribution in [0.3, 0.4) is 0 Å². The van der Waals surface area contributed by atoms with Gasteiger partial charge in [0.05, 0.1) is 6.54 Å². The zero-order valence-corrected chi connectivity index (χ0v) is 13.4. The summed E-state index contributed by atoms with van der Waals surface area (Å²) in [6, 6.07) is 0.502. The molecule has 0 spiro atoms. The second-order valence-electron chi connectivity index (χ2n) is 5.54. The molecule has 1 aliphatic heterocycles. The molecule has 0 radical (unpaired) electrons. The largest absolute Gasteiger partial charge is 0.313 e. The second kappa shape index (κ2) is 8.59. The molecular weight excluding hydrogens is 272 g/mol. The smallest absolute Gasteiger partial charge is 0.209 e. The van der Waals surface area contributed by atoms with Crippen molar-refractivity contribution in [1.29, 1.82) is 0 Å². The summed E-state index contributed by atoms with van der Waals surface area (Å²) in [7, 11) is 0. The molecule has 1 saturated heterocycles. The van der Waals surface area contributed by atoms with E-state index >= 15 is 0 Å². The number of piperidine rings is 1. The highest BCUT2D eigenvalue weighted by molar-refractivity contribution is 7.99. The molecule has 20 heavy (non-hydrogen) atoms. The summed E-state index contributed by atoms with van der Waals surface area (Å²) in [4.78, 5) is 2.55. The van der Waals surface area contributed by atoms with Gasteiger partial charge in [0.1, 0.15) is 0 Å². The van der Waals surface area contributed by atoms with E-state index in [1.807, 2.05) is 4.68 Å². The highest BCUT2D eigenvalue weighted by Crippen LogP contribution is 2.15. The number of likely N-dealkylation sites (tertiary alicyclic amines) is 1. The summed E-state index contributed by atoms with van der Waals surface area (Å²) in [6.45, 7) is 9.68. The molecule has 1 N–H and O–H groups in total. The molecule has 1 aliphatic rings. The molecule has 1 fully saturated rings. The number of rotatable bonds is 8. The average Bonchev–Trinajstić information content (AvgIpc) is 2.87. The SMILES string of the molecule is CC(C)NCCn1nnnc1SCCN1CCCCC1. The number of nitrogens with zero attached hydrogens (tertiary/aromatic N) is 5. The van der Waals surface area contributed by atoms with Gasteiger partial charge >= 0.3 is 0 Å². The fourth-order valence-corrected chi connectivity index (χ4v) is 3.25. The molecule has 0 aromatic carbocycles. The van der Waals surface area contributed by atoms with Crippen LogP contribution in [0.15, 0.2) is 5.16 Å². The van der Waals surface area contributed by atoms with Crippen molar-refractivity contribution in [3.63, 3.8) is 0 Å². The van der Waals surface area contributed by atoms with E-state index in [2.05, 4.69) is 39.6 Å². The Morgan fingerprint density at radius 1 is 1.20 bits per heavy atom. The van der Waals surface area contributed by atoms with Crippen LogP contribution in [0, 0.1) is 0 Å². The first kappa shape index (κ1) is 15.7. The number of hydrogen-bond acceptors (Lipinski definition) is 6. The van der Waals surface area contributed by atoms with Gasteiger partial charge in [-0.3, -0.25) is 0 Å². The lowest BCUT2D eigenvalue weighted by Crippen LogP contribution is -2.31. The molecule has 114 valence electrons. The molecule has 0 atom stereocenters. The van der Waals surface area contributed by atoms with E-state index in [1.54, 1.807) is 11.8 Å². The van der Waals surface area contributed by atoms with Crippen molar-refractivity contribution in [3.8, 4) is 0 Å². The molecule has 7 heteroatoms. The van der Waals surface area contributed by atoms with Crippen LogP contribution in [-0.4, -0.2) is 63.1 Å². The Hall–Kier alpha value is -0.660. The van der Waals surface area contributed by atoms with Gasteiger partial charge in [-0.25, -0.2) is 4.68 Å². The maximum absolute atomic E-state index is 4.12. The van der Waals surface area contributed by atoms with Gasteiger partial charge in [0.15, 0.2) is 0 Å². The lowest BCUT2D eigenvalue weighted by Gasteiger charge is -2.25. The van der Waals surface area contributed by atoms with Gasteiger partial charge < -0.3 is 10.2 Å². The number of nitrogens with one attached hydrogen (secondary N) is 1. The highest BCUT2D eigenvalue weighted by Gasteiger charge is 2.11. The minimum atomic E-state index is 0.502. The molecule has 0 aliphatic carbocycles. The Morgan fingerprint density at radius 2 is 2.00 bits per heavy atom. The van der Waals surface area contributed by atoms with Gasteiger partial charge in [-0.15, -0.1) is 5.10 Å². The fraction of sp³-hybridized carbons (Fsp3) is 0.923. The van der Waals surface area contributed by atoms with Crippen molar-refractivity contribution in [2.45, 2.75) is 50.9 Å². The minimum Gasteiger partial charge on any atom is -0.313 e. The third-order valence-electron chi connectivity index (χ3n) is 3.46. The average molecular weight is 298 g/mol. The standard InChI is InChI=1S/C13H26N6S/c1-12(2)14-6-9-19-13(15-16-17-19)20-11-10-18-7-4-3-5-8-18/h12,14H,3-11H2,1-2H3. The molecular formula is C13H26N6S. The van der Waals surface area contributed by atoms with Crippen molar-refractivity contribution in [3.05, 3.63) is 0 Å². The molecule has 0 amide bonds. The third kappa shape index (κ3) is 5.38. The van der Waals surface area contributed by atoms with Crippen molar-refractivity contribution in [1.82, 2.24) is 30.4 Å². The molecule has 0 saturated carbocycles. The summed E-state index contributed by atoms with van der Waals surface area (Å²) in [5.74, 6) is 1.07. The maximum atomic E-state index is 4.12. The Balaban J connectivity index is 1.68. The van der Waals surface area contributed by atoms with Crippen molar-refractivity contribution in [2.75, 3.05) is 31.9 Å². The van der Waals surface area contributed by atoms with Gasteiger partial charge in [-0.2, -0.15) is 0 Å². The summed E-state index contributed by atoms with van der Waals surface area (Å²) in [6.07, 6.45) is 4.09. The predicted molar refractivity (Wildman–Crippen MR) is 82.0 cm³/mol. The van der Waals surface area contributed by atoms with Crippen LogP contribution >= 0.6 is 11.8 Å². The van der Waals surface area contributed by atoms with E-state index in [0.717, 1.165) is 30.5 Å². The number of thioether (sulfide) groups is 1. The van der Waals surface area contributed by atoms with Crippen molar-refractivity contribution < 1.29 is 0 Å². The lowest BCUT2D eigenvalue weighted by molar-refractivity contribution is 0.242. The van der Waals surface area contributed by atoms with Gasteiger partial charge in [0.25, 0.3) is 0 Å². The number of tetrazole rings is 1. The maximum Gasteiger partial charge on any atom is 0.209 e. The quantitative estimate of drug-likeness (QED) is 0.729. The zero-order chi connectivity index (χ0) is 14.2. The van der Waals surface area contributed by atoms with E-state index in [9.17, 15) is 0 Å². The summed E-state index contributed by atoms with van der Waals surface area (Å²) < 4.78 is 1.90. The van der Waals surface area contributed by atoms with Gasteiger partial charge in [0.2, 0.25) is 5.16 Å². The minimum absolute atomic E-state index is 0.502. The van der Waals surface area contributed by atoms with Crippen LogP contribution in [0.5, 0.6) is 0 Å². The van der Waals surface area contributed by atoms with E-state index in [0.29, 0.717) is 6.04 Å². The van der Waals surface area contributed by atoms with E-state index in [1.165, 1.54) is 32.4 Å². The van der Waals surface area contributed by atoms with Crippen LogP contribution in [-0.2, 0) is 6.54 Å². The first-order chi connectivity index (χ1) is 9.75. The monoisotopic (exact) mass is 298 g/mol. The molecule has 0 unspecified atom stereocenters. The molecule has 1 aromatic rings. The first-order valence-electron chi connectivity index (χ1n) is 7.60. The molecule has 1 aromatic heterocycles. The van der Waals surface area contributed by atoms with Crippen molar-refractivity contribution in [2.24, 2.45) is 0 Å². The van der Waals surface area contributed by atoms with E-state index in [-0.39, 0.29) is 0 Å². The van der Waals surface area contributed by atoms with Gasteiger partial charge in [0, 0.05) is 24.9 Å². The zero-order valence-electron chi connectivity index (χ0n) is 12.6. The topological polar surface area (TPSA) is 58.9 Å². The van der Waals surface area contributed by atoms with Crippen molar-refractivity contribution >= 4 is 11.8 Å². The lowest BCUT2D eigenvalue weighted by atomic mass is 10.1. The Bertz CT molecular complexity index is 375. The molecule has 0 bridgehead atoms. The second-order valence-corrected chi connectivity index (χ2v) is 6.61. The van der Waals surface area contributed by atoms with E-state index < -0.39 is 0 Å². The molecule has 6 nitrogen and oxygen atoms in total. The highest BCUT2D eigenvalue weighted by atomic mass is 32.2. The number of aromatic nitrogens is 4. The summed E-state index contributed by atoms with van der Waals surface area (Å²) >= 11 is 1.76. The molecule has 2 heterocycles. The Morgan fingerprint density at radius 3 is 2.75 bits per heavy atom. The van der Waals surface area contributed by atoms with Crippen LogP contribution in [0.2, 0.25) is 0 Å². The molecule has 2 rings (SSSR count). The first-order valence-corrected chi connectivity index (χ1v) is 8.59. The fourth-order valence-electron chi connectivity index (χ4n) is 2.35. The Labute approximate surface area is 125 Å². The summed E-state index contributed by atoms with van der Waals surface area (Å²) in [5.41, 5.74) is 0. The summed E-state index contributed by atoms with van der Waals surface area (Å²) in [5, 5.41) is 16.3.